The van der Waals surface area contributed by atoms with Crippen molar-refractivity contribution in [2.24, 2.45) is 0 Å². The first-order valence-electron chi connectivity index (χ1n) is 5.67. The smallest absolute Gasteiger partial charge is 0.434 e. The molecule has 0 unspecified atom stereocenters. The number of rotatable bonds is 2. The molecule has 0 bridgehead atoms. The van der Waals surface area contributed by atoms with E-state index in [-0.39, 0.29) is 18.0 Å². The van der Waals surface area contributed by atoms with E-state index in [9.17, 15) is 14.4 Å². The molecule has 0 spiro atoms. The summed E-state index contributed by atoms with van der Waals surface area (Å²) in [6.07, 6.45) is -0.134. The van der Waals surface area contributed by atoms with Gasteiger partial charge >= 0.3 is 12.1 Å². The monoisotopic (exact) mass is 248 g/mol. The highest BCUT2D eigenvalue weighted by Crippen LogP contribution is 2.25. The van der Waals surface area contributed by atoms with E-state index in [2.05, 4.69) is 9.47 Å². The summed E-state index contributed by atoms with van der Waals surface area (Å²) < 4.78 is 9.05. The molecule has 1 aliphatic rings. The van der Waals surface area contributed by atoms with Gasteiger partial charge in [-0.1, -0.05) is 12.1 Å². The number of fused-ring (bicyclic) bond motifs is 1. The van der Waals surface area contributed by atoms with Crippen molar-refractivity contribution < 1.29 is 23.9 Å². The zero-order chi connectivity index (χ0) is 13.1. The molecule has 0 amide bonds. The number of hydrogen-bond acceptors (Lipinski definition) is 5. The summed E-state index contributed by atoms with van der Waals surface area (Å²) >= 11 is 0. The van der Waals surface area contributed by atoms with Gasteiger partial charge in [0, 0.05) is 12.0 Å². The third kappa shape index (κ3) is 2.25. The van der Waals surface area contributed by atoms with Crippen LogP contribution in [0.15, 0.2) is 18.2 Å². The summed E-state index contributed by atoms with van der Waals surface area (Å²) in [6.45, 7) is 1.75. The van der Waals surface area contributed by atoms with E-state index in [0.717, 1.165) is 0 Å². The van der Waals surface area contributed by atoms with Crippen LogP contribution in [0.5, 0.6) is 0 Å². The van der Waals surface area contributed by atoms with Crippen LogP contribution in [0.2, 0.25) is 0 Å². The minimum absolute atomic E-state index is 0.00999. The topological polar surface area (TPSA) is 69.7 Å². The van der Waals surface area contributed by atoms with E-state index in [0.29, 0.717) is 24.0 Å². The Labute approximate surface area is 104 Å². The first kappa shape index (κ1) is 12.3. The lowest BCUT2D eigenvalue weighted by atomic mass is 10.0. The fourth-order valence-electron chi connectivity index (χ4n) is 1.96. The molecule has 0 saturated heterocycles. The first-order valence-corrected chi connectivity index (χ1v) is 5.67. The maximum absolute atomic E-state index is 11.8. The predicted octanol–water partition coefficient (Wildman–Crippen LogP) is 2.13. The minimum atomic E-state index is -1.02. The molecule has 18 heavy (non-hydrogen) atoms. The van der Waals surface area contributed by atoms with E-state index in [4.69, 9.17) is 0 Å². The van der Waals surface area contributed by atoms with E-state index in [1.54, 1.807) is 25.1 Å². The predicted molar refractivity (Wildman–Crippen MR) is 61.5 cm³/mol. The van der Waals surface area contributed by atoms with Crippen LogP contribution in [0.1, 0.15) is 39.6 Å². The second-order valence-electron chi connectivity index (χ2n) is 3.83. The number of benzene rings is 1. The molecule has 5 heteroatoms. The molecule has 1 aromatic rings. The van der Waals surface area contributed by atoms with Crippen molar-refractivity contribution in [2.45, 2.75) is 19.8 Å². The maximum Gasteiger partial charge on any atom is 0.516 e. The molecule has 0 N–H and O–H groups in total. The van der Waals surface area contributed by atoms with Crippen LogP contribution in [0.4, 0.5) is 4.79 Å². The lowest BCUT2D eigenvalue weighted by Crippen LogP contribution is -2.15. The van der Waals surface area contributed by atoms with Gasteiger partial charge in [0.15, 0.2) is 5.78 Å². The summed E-state index contributed by atoms with van der Waals surface area (Å²) in [5.74, 6) is -0.768. The van der Waals surface area contributed by atoms with Crippen LogP contribution in [0.25, 0.3) is 0 Å². The molecule has 1 aliphatic carbocycles. The highest BCUT2D eigenvalue weighted by atomic mass is 16.7. The van der Waals surface area contributed by atoms with Gasteiger partial charge in [-0.3, -0.25) is 4.79 Å². The average Bonchev–Trinajstić information content (AvgIpc) is 2.71. The molecule has 0 heterocycles. The molecule has 0 atom stereocenters. The lowest BCUT2D eigenvalue weighted by Gasteiger charge is -2.06. The second kappa shape index (κ2) is 5.00. The highest BCUT2D eigenvalue weighted by molar-refractivity contribution is 6.05. The van der Waals surface area contributed by atoms with Gasteiger partial charge in [-0.15, -0.1) is 0 Å². The lowest BCUT2D eigenvalue weighted by molar-refractivity contribution is 0.0400. The van der Waals surface area contributed by atoms with Crippen LogP contribution in [-0.4, -0.2) is 24.5 Å². The van der Waals surface area contributed by atoms with Crippen molar-refractivity contribution in [2.75, 3.05) is 6.61 Å². The van der Waals surface area contributed by atoms with Gasteiger partial charge in [-0.2, -0.15) is 0 Å². The Hall–Kier alpha value is -2.17. The summed E-state index contributed by atoms with van der Waals surface area (Å²) in [5.41, 5.74) is 1.44. The number of ether oxygens (including phenoxy) is 2. The first-order chi connectivity index (χ1) is 8.63. The molecular formula is C13H12O5. The summed E-state index contributed by atoms with van der Waals surface area (Å²) in [6, 6.07) is 4.81. The maximum atomic E-state index is 11.8. The third-order valence-corrected chi connectivity index (χ3v) is 2.74. The van der Waals surface area contributed by atoms with Crippen LogP contribution in [0.3, 0.4) is 0 Å². The fraction of sp³-hybridized carbons (Fsp3) is 0.308. The van der Waals surface area contributed by atoms with E-state index in [1.807, 2.05) is 0 Å². The molecule has 1 aromatic carbocycles. The molecule has 0 fully saturated rings. The van der Waals surface area contributed by atoms with Crippen molar-refractivity contribution in [1.29, 1.82) is 0 Å². The van der Waals surface area contributed by atoms with Crippen LogP contribution in [0, 0.1) is 0 Å². The van der Waals surface area contributed by atoms with E-state index >= 15 is 0 Å². The van der Waals surface area contributed by atoms with Gasteiger partial charge in [0.1, 0.15) is 0 Å². The van der Waals surface area contributed by atoms with Gasteiger partial charge in [0.2, 0.25) is 0 Å². The van der Waals surface area contributed by atoms with Gasteiger partial charge < -0.3 is 9.47 Å². The molecule has 0 saturated carbocycles. The van der Waals surface area contributed by atoms with Gasteiger partial charge in [-0.05, 0) is 25.0 Å². The Morgan fingerprint density at radius 2 is 2.06 bits per heavy atom. The summed E-state index contributed by atoms with van der Waals surface area (Å²) in [4.78, 5) is 34.3. The molecule has 94 valence electrons. The zero-order valence-electron chi connectivity index (χ0n) is 9.89. The minimum Gasteiger partial charge on any atom is -0.434 e. The Morgan fingerprint density at radius 3 is 2.78 bits per heavy atom. The average molecular weight is 248 g/mol. The quantitative estimate of drug-likeness (QED) is 0.592. The van der Waals surface area contributed by atoms with Crippen molar-refractivity contribution in [1.82, 2.24) is 0 Å². The molecule has 0 aliphatic heterocycles. The molecule has 0 aromatic heterocycles. The molecule has 2 rings (SSSR count). The Balaban J connectivity index is 2.22. The Bertz CT molecular complexity index is 518. The second-order valence-corrected chi connectivity index (χ2v) is 3.83. The number of hydrogen-bond donors (Lipinski definition) is 0. The van der Waals surface area contributed by atoms with Crippen LogP contribution in [-0.2, 0) is 15.9 Å². The largest absolute Gasteiger partial charge is 0.516 e. The molecular weight excluding hydrogens is 236 g/mol. The molecule has 0 radical (unpaired) electrons. The summed E-state index contributed by atoms with van der Waals surface area (Å²) in [5, 5.41) is 0. The van der Waals surface area contributed by atoms with Crippen molar-refractivity contribution in [3.63, 3.8) is 0 Å². The van der Waals surface area contributed by atoms with Crippen molar-refractivity contribution in [3.05, 3.63) is 34.9 Å². The molecule has 5 nitrogen and oxygen atoms in total. The van der Waals surface area contributed by atoms with Crippen LogP contribution >= 0.6 is 0 Å². The van der Waals surface area contributed by atoms with E-state index < -0.39 is 12.1 Å². The third-order valence-electron chi connectivity index (χ3n) is 2.74. The fourth-order valence-corrected chi connectivity index (χ4v) is 1.96. The normalized spacial score (nSPS) is 13.1. The number of carbonyl (C=O) groups excluding carboxylic acids is 3. The van der Waals surface area contributed by atoms with Gasteiger partial charge in [-0.25, -0.2) is 9.59 Å². The highest BCUT2D eigenvalue weighted by Gasteiger charge is 2.26. The Kier molecular flexibility index (Phi) is 3.41. The Morgan fingerprint density at radius 1 is 1.28 bits per heavy atom. The van der Waals surface area contributed by atoms with Gasteiger partial charge in [0.25, 0.3) is 0 Å². The number of carbonyl (C=O) groups is 3. The SMILES string of the molecule is CCOC(=O)OC(=O)c1cccc2c1CCC2=O. The van der Waals surface area contributed by atoms with Crippen molar-refractivity contribution in [3.8, 4) is 0 Å². The number of Topliss-reactive ketones (excluding diaryl/α,β-unsaturated/α-hetero) is 1. The zero-order valence-corrected chi connectivity index (χ0v) is 9.89. The van der Waals surface area contributed by atoms with Gasteiger partial charge in [0.05, 0.1) is 12.2 Å². The van der Waals surface area contributed by atoms with Crippen LogP contribution < -0.4 is 0 Å². The van der Waals surface area contributed by atoms with Crippen molar-refractivity contribution >= 4 is 17.9 Å². The number of ketones is 1. The summed E-state index contributed by atoms with van der Waals surface area (Å²) in [7, 11) is 0. The number of esters is 1. The van der Waals surface area contributed by atoms with E-state index in [1.165, 1.54) is 0 Å². The standard InChI is InChI=1S/C13H12O5/c1-2-17-13(16)18-12(15)10-5-3-4-9-8(10)6-7-11(9)14/h3-5H,2,6-7H2,1H3.